The Morgan fingerprint density at radius 1 is 1.54 bits per heavy atom. The van der Waals surface area contributed by atoms with Crippen LogP contribution in [0.15, 0.2) is 0 Å². The second kappa shape index (κ2) is 6.34. The molecule has 0 aromatic heterocycles. The molecule has 1 aliphatic rings. The fourth-order valence-corrected chi connectivity index (χ4v) is 1.31. The van der Waals surface area contributed by atoms with E-state index in [0.717, 1.165) is 11.8 Å². The molecule has 4 nitrogen and oxygen atoms in total. The summed E-state index contributed by atoms with van der Waals surface area (Å²) in [5, 5.41) is 3.68. The maximum atomic E-state index is 11.3. The highest BCUT2D eigenvalue weighted by molar-refractivity contribution is 9.09. The number of ether oxygens (including phenoxy) is 2. The second-order valence-electron chi connectivity index (χ2n) is 2.77. The van der Waals surface area contributed by atoms with Gasteiger partial charge in [0.05, 0.1) is 19.8 Å². The monoisotopic (exact) mass is 251 g/mol. The zero-order chi connectivity index (χ0) is 9.52. The molecule has 1 heterocycles. The lowest BCUT2D eigenvalue weighted by atomic mass is 10.3. The van der Waals surface area contributed by atoms with Crippen molar-refractivity contribution in [2.75, 3.05) is 31.7 Å². The maximum Gasteiger partial charge on any atom is 0.251 e. The van der Waals surface area contributed by atoms with Gasteiger partial charge in [-0.05, 0) is 6.42 Å². The third-order valence-electron chi connectivity index (χ3n) is 1.72. The van der Waals surface area contributed by atoms with E-state index >= 15 is 0 Å². The van der Waals surface area contributed by atoms with Crippen LogP contribution in [-0.4, -0.2) is 43.7 Å². The first-order chi connectivity index (χ1) is 6.34. The first-order valence-corrected chi connectivity index (χ1v) is 5.50. The Morgan fingerprint density at radius 2 is 2.38 bits per heavy atom. The molecule has 1 N–H and O–H groups in total. The van der Waals surface area contributed by atoms with Crippen LogP contribution in [0.4, 0.5) is 0 Å². The van der Waals surface area contributed by atoms with Crippen molar-refractivity contribution in [1.82, 2.24) is 5.32 Å². The number of halogens is 1. The molecule has 1 unspecified atom stereocenters. The lowest BCUT2D eigenvalue weighted by Gasteiger charge is -2.21. The van der Waals surface area contributed by atoms with Gasteiger partial charge in [-0.25, -0.2) is 0 Å². The first-order valence-electron chi connectivity index (χ1n) is 4.37. The Balaban J connectivity index is 2.13. The van der Waals surface area contributed by atoms with Crippen molar-refractivity contribution >= 4 is 21.8 Å². The van der Waals surface area contributed by atoms with Gasteiger partial charge >= 0.3 is 0 Å². The number of hydrogen-bond donors (Lipinski definition) is 1. The lowest BCUT2D eigenvalue weighted by Crippen LogP contribution is -2.43. The van der Waals surface area contributed by atoms with Crippen molar-refractivity contribution in [2.24, 2.45) is 0 Å². The fraction of sp³-hybridized carbons (Fsp3) is 0.875. The highest BCUT2D eigenvalue weighted by Crippen LogP contribution is 2.00. The number of hydrogen-bond acceptors (Lipinski definition) is 3. The second-order valence-corrected chi connectivity index (χ2v) is 3.56. The Kier molecular flexibility index (Phi) is 5.34. The van der Waals surface area contributed by atoms with Crippen LogP contribution >= 0.6 is 15.9 Å². The molecule has 1 atom stereocenters. The van der Waals surface area contributed by atoms with Gasteiger partial charge in [-0.15, -0.1) is 0 Å². The molecule has 0 radical (unpaired) electrons. The summed E-state index contributed by atoms with van der Waals surface area (Å²) >= 11 is 3.29. The summed E-state index contributed by atoms with van der Waals surface area (Å²) in [4.78, 5) is 11.3. The van der Waals surface area contributed by atoms with Gasteiger partial charge in [-0.2, -0.15) is 0 Å². The zero-order valence-electron chi connectivity index (χ0n) is 7.42. The molecule has 13 heavy (non-hydrogen) atoms. The van der Waals surface area contributed by atoms with Crippen LogP contribution < -0.4 is 5.32 Å². The molecule has 0 aromatic carbocycles. The van der Waals surface area contributed by atoms with E-state index in [1.807, 2.05) is 0 Å². The minimum absolute atomic E-state index is 0.0688. The van der Waals surface area contributed by atoms with Gasteiger partial charge in [0.2, 0.25) is 0 Å². The molecule has 1 rings (SSSR count). The van der Waals surface area contributed by atoms with Crippen molar-refractivity contribution in [3.63, 3.8) is 0 Å². The van der Waals surface area contributed by atoms with Crippen LogP contribution in [0.1, 0.15) is 6.42 Å². The van der Waals surface area contributed by atoms with Gasteiger partial charge in [-0.3, -0.25) is 4.79 Å². The smallest absolute Gasteiger partial charge is 0.251 e. The van der Waals surface area contributed by atoms with Crippen LogP contribution in [0, 0.1) is 0 Å². The van der Waals surface area contributed by atoms with Gasteiger partial charge in [0.1, 0.15) is 0 Å². The molecule has 0 saturated carbocycles. The Hall–Kier alpha value is -0.130. The van der Waals surface area contributed by atoms with E-state index in [9.17, 15) is 4.79 Å². The average Bonchev–Trinajstić information content (AvgIpc) is 2.19. The number of alkyl halides is 1. The lowest BCUT2D eigenvalue weighted by molar-refractivity contribution is -0.147. The van der Waals surface area contributed by atoms with Crippen LogP contribution in [0.5, 0.6) is 0 Å². The molecule has 1 fully saturated rings. The maximum absolute atomic E-state index is 11.3. The zero-order valence-corrected chi connectivity index (χ0v) is 9.01. The Morgan fingerprint density at radius 3 is 3.00 bits per heavy atom. The largest absolute Gasteiger partial charge is 0.376 e. The third kappa shape index (κ3) is 4.06. The number of rotatable bonds is 4. The Bertz CT molecular complexity index is 159. The predicted molar refractivity (Wildman–Crippen MR) is 52.0 cm³/mol. The summed E-state index contributed by atoms with van der Waals surface area (Å²) in [5.41, 5.74) is 0. The summed E-state index contributed by atoms with van der Waals surface area (Å²) in [6.07, 6.45) is 0.517. The van der Waals surface area contributed by atoms with Crippen LogP contribution in [0.25, 0.3) is 0 Å². The highest BCUT2D eigenvalue weighted by Gasteiger charge is 2.21. The molecule has 5 heteroatoms. The predicted octanol–water partition coefficient (Wildman–Crippen LogP) is 0.303. The van der Waals surface area contributed by atoms with Crippen LogP contribution in [0.2, 0.25) is 0 Å². The SMILES string of the molecule is O=C(NCCCBr)C1COCCO1. The van der Waals surface area contributed by atoms with Crippen molar-refractivity contribution in [3.05, 3.63) is 0 Å². The average molecular weight is 252 g/mol. The molecule has 1 saturated heterocycles. The number of carbonyl (C=O) groups excluding carboxylic acids is 1. The molecule has 0 aromatic rings. The summed E-state index contributed by atoms with van der Waals surface area (Å²) in [6.45, 7) is 2.16. The van der Waals surface area contributed by atoms with Crippen molar-refractivity contribution < 1.29 is 14.3 Å². The minimum atomic E-state index is -0.413. The fourth-order valence-electron chi connectivity index (χ4n) is 1.03. The summed E-state index contributed by atoms with van der Waals surface area (Å²) in [5.74, 6) is -0.0688. The van der Waals surface area contributed by atoms with Crippen molar-refractivity contribution in [3.8, 4) is 0 Å². The Labute approximate surface area is 86.1 Å². The standard InChI is InChI=1S/C8H14BrNO3/c9-2-1-3-10-8(11)7-6-12-4-5-13-7/h7H,1-6H2,(H,10,11). The van der Waals surface area contributed by atoms with Gasteiger partial charge in [-0.1, -0.05) is 15.9 Å². The molecular formula is C8H14BrNO3. The number of amides is 1. The topological polar surface area (TPSA) is 47.6 Å². The number of nitrogens with one attached hydrogen (secondary N) is 1. The number of carbonyl (C=O) groups is 1. The van der Waals surface area contributed by atoms with E-state index < -0.39 is 6.10 Å². The van der Waals surface area contributed by atoms with Gasteiger partial charge < -0.3 is 14.8 Å². The highest BCUT2D eigenvalue weighted by atomic mass is 79.9. The molecule has 0 bridgehead atoms. The van der Waals surface area contributed by atoms with E-state index in [-0.39, 0.29) is 5.91 Å². The molecule has 1 amide bonds. The van der Waals surface area contributed by atoms with Crippen molar-refractivity contribution in [2.45, 2.75) is 12.5 Å². The summed E-state index contributed by atoms with van der Waals surface area (Å²) in [6, 6.07) is 0. The molecule has 76 valence electrons. The van der Waals surface area contributed by atoms with E-state index in [1.54, 1.807) is 0 Å². The van der Waals surface area contributed by atoms with E-state index in [1.165, 1.54) is 0 Å². The van der Waals surface area contributed by atoms with E-state index in [4.69, 9.17) is 9.47 Å². The molecular weight excluding hydrogens is 238 g/mol. The van der Waals surface area contributed by atoms with E-state index in [0.29, 0.717) is 26.4 Å². The third-order valence-corrected chi connectivity index (χ3v) is 2.28. The molecule has 0 aliphatic carbocycles. The quantitative estimate of drug-likeness (QED) is 0.578. The molecule has 0 spiro atoms. The van der Waals surface area contributed by atoms with Gasteiger partial charge in [0.15, 0.2) is 6.10 Å². The van der Waals surface area contributed by atoms with Crippen LogP contribution in [-0.2, 0) is 14.3 Å². The summed E-state index contributed by atoms with van der Waals surface area (Å²) in [7, 11) is 0. The molecule has 1 aliphatic heterocycles. The van der Waals surface area contributed by atoms with Gasteiger partial charge in [0.25, 0.3) is 5.91 Å². The van der Waals surface area contributed by atoms with Crippen LogP contribution in [0.3, 0.4) is 0 Å². The normalized spacial score (nSPS) is 22.7. The minimum Gasteiger partial charge on any atom is -0.376 e. The first kappa shape index (κ1) is 10.9. The summed E-state index contributed by atoms with van der Waals surface area (Å²) < 4.78 is 10.3. The van der Waals surface area contributed by atoms with Gasteiger partial charge in [0, 0.05) is 11.9 Å². The van der Waals surface area contributed by atoms with E-state index in [2.05, 4.69) is 21.2 Å². The van der Waals surface area contributed by atoms with Crippen molar-refractivity contribution in [1.29, 1.82) is 0 Å².